The molecule has 2 fully saturated rings. The smallest absolute Gasteiger partial charge is 0.222 e. The zero-order chi connectivity index (χ0) is 20.5. The summed E-state index contributed by atoms with van der Waals surface area (Å²) in [7, 11) is 0. The summed E-state index contributed by atoms with van der Waals surface area (Å²) in [4.78, 5) is 22.8. The molecule has 1 saturated heterocycles. The molecule has 0 bridgehead atoms. The Morgan fingerprint density at radius 2 is 2.07 bits per heavy atom. The fourth-order valence-electron chi connectivity index (χ4n) is 4.01. The van der Waals surface area contributed by atoms with E-state index in [2.05, 4.69) is 25.9 Å². The predicted octanol–water partition coefficient (Wildman–Crippen LogP) is 2.19. The molecular weight excluding hydrogens is 371 g/mol. The van der Waals surface area contributed by atoms with Gasteiger partial charge in [0.15, 0.2) is 17.6 Å². The van der Waals surface area contributed by atoms with E-state index >= 15 is 0 Å². The second kappa shape index (κ2) is 11.0. The van der Waals surface area contributed by atoms with Gasteiger partial charge in [0.05, 0.1) is 6.54 Å². The Morgan fingerprint density at radius 1 is 1.24 bits per heavy atom. The molecule has 1 saturated carbocycles. The van der Waals surface area contributed by atoms with E-state index < -0.39 is 0 Å². The van der Waals surface area contributed by atoms with Crippen LogP contribution in [0.4, 0.5) is 10.2 Å². The molecule has 7 nitrogen and oxygen atoms in total. The molecule has 3 N–H and O–H groups in total. The minimum absolute atomic E-state index is 0.0779. The maximum atomic E-state index is 14.0. The molecule has 0 radical (unpaired) electrons. The third kappa shape index (κ3) is 6.58. The van der Waals surface area contributed by atoms with Gasteiger partial charge in [0.25, 0.3) is 0 Å². The minimum atomic E-state index is -0.294. The normalized spacial score (nSPS) is 20.6. The van der Waals surface area contributed by atoms with Crippen molar-refractivity contribution in [3.63, 3.8) is 0 Å². The largest absolute Gasteiger partial charge is 0.357 e. The third-order valence-corrected chi connectivity index (χ3v) is 5.49. The molecule has 29 heavy (non-hydrogen) atoms. The summed E-state index contributed by atoms with van der Waals surface area (Å²) in [5.74, 6) is 0.885. The number of aromatic nitrogens is 1. The van der Waals surface area contributed by atoms with Crippen molar-refractivity contribution in [2.24, 2.45) is 4.99 Å². The fraction of sp³-hybridized carbons (Fsp3) is 0.667. The lowest BCUT2D eigenvalue weighted by molar-refractivity contribution is -0.121. The van der Waals surface area contributed by atoms with Crippen molar-refractivity contribution in [1.82, 2.24) is 20.9 Å². The van der Waals surface area contributed by atoms with Crippen molar-refractivity contribution in [3.8, 4) is 0 Å². The van der Waals surface area contributed by atoms with Gasteiger partial charge in [-0.05, 0) is 38.3 Å². The average molecular weight is 405 g/mol. The van der Waals surface area contributed by atoms with Gasteiger partial charge in [-0.3, -0.25) is 9.79 Å². The lowest BCUT2D eigenvalue weighted by Gasteiger charge is -2.22. The van der Waals surface area contributed by atoms with E-state index in [0.717, 1.165) is 32.4 Å². The molecule has 1 aliphatic heterocycles. The average Bonchev–Trinajstić information content (AvgIpc) is 3.17. The molecule has 1 aromatic heterocycles. The summed E-state index contributed by atoms with van der Waals surface area (Å²) in [5.41, 5.74) is 0. The number of amides is 1. The number of carbonyl (C=O) groups is 1. The van der Waals surface area contributed by atoms with E-state index in [-0.39, 0.29) is 17.8 Å². The van der Waals surface area contributed by atoms with Crippen molar-refractivity contribution in [2.75, 3.05) is 31.1 Å². The summed E-state index contributed by atoms with van der Waals surface area (Å²) in [6, 6.07) is 3.53. The number of hydrogen-bond donors (Lipinski definition) is 3. The van der Waals surface area contributed by atoms with Crippen LogP contribution in [0.5, 0.6) is 0 Å². The van der Waals surface area contributed by atoms with Crippen LogP contribution in [-0.4, -0.2) is 55.1 Å². The van der Waals surface area contributed by atoms with Crippen molar-refractivity contribution in [3.05, 3.63) is 24.1 Å². The van der Waals surface area contributed by atoms with Gasteiger partial charge >= 0.3 is 0 Å². The summed E-state index contributed by atoms with van der Waals surface area (Å²) in [5, 5.41) is 9.76. The van der Waals surface area contributed by atoms with Gasteiger partial charge in [0.1, 0.15) is 0 Å². The van der Waals surface area contributed by atoms with Crippen molar-refractivity contribution >= 4 is 17.7 Å². The topological polar surface area (TPSA) is 81.6 Å². The van der Waals surface area contributed by atoms with E-state index in [0.29, 0.717) is 37.3 Å². The molecule has 0 aromatic carbocycles. The van der Waals surface area contributed by atoms with Crippen LogP contribution in [-0.2, 0) is 4.79 Å². The minimum Gasteiger partial charge on any atom is -0.357 e. The first kappa shape index (κ1) is 21.3. The number of pyridine rings is 1. The van der Waals surface area contributed by atoms with Crippen LogP contribution >= 0.6 is 0 Å². The number of anilines is 1. The van der Waals surface area contributed by atoms with Crippen molar-refractivity contribution in [2.45, 2.75) is 64.0 Å². The fourth-order valence-corrected chi connectivity index (χ4v) is 4.01. The Bertz CT molecular complexity index is 692. The van der Waals surface area contributed by atoms with Gasteiger partial charge < -0.3 is 20.9 Å². The van der Waals surface area contributed by atoms with Gasteiger partial charge in [-0.15, -0.1) is 0 Å². The van der Waals surface area contributed by atoms with Crippen LogP contribution in [0.25, 0.3) is 0 Å². The molecule has 1 amide bonds. The zero-order valence-electron chi connectivity index (χ0n) is 17.3. The number of rotatable bonds is 7. The molecule has 0 spiro atoms. The molecule has 160 valence electrons. The molecular formula is C21H33FN6O. The highest BCUT2D eigenvalue weighted by molar-refractivity contribution is 5.81. The lowest BCUT2D eigenvalue weighted by Crippen LogP contribution is -2.45. The standard InChI is InChI=1S/C21H33FN6O/c1-2-23-21(25-13-10-19(29)26-16-7-4-3-5-8-16)27-17-11-14-28(15-17)20-18(22)9-6-12-24-20/h6,9,12,16-17H,2-5,7-8,10-11,13-15H2,1H3,(H,26,29)(H2,23,25,27). The van der Waals surface area contributed by atoms with E-state index in [1.807, 2.05) is 11.8 Å². The number of guanidine groups is 1. The first-order valence-electron chi connectivity index (χ1n) is 10.9. The van der Waals surface area contributed by atoms with E-state index in [1.54, 1.807) is 12.3 Å². The summed E-state index contributed by atoms with van der Waals surface area (Å²) < 4.78 is 14.0. The van der Waals surface area contributed by atoms with Gasteiger partial charge in [-0.1, -0.05) is 19.3 Å². The van der Waals surface area contributed by atoms with Gasteiger partial charge in [0, 0.05) is 44.3 Å². The van der Waals surface area contributed by atoms with Gasteiger partial charge in [-0.25, -0.2) is 9.37 Å². The predicted molar refractivity (Wildman–Crippen MR) is 114 cm³/mol. The molecule has 8 heteroatoms. The Kier molecular flexibility index (Phi) is 8.07. The van der Waals surface area contributed by atoms with E-state index in [4.69, 9.17) is 0 Å². The van der Waals surface area contributed by atoms with Crippen molar-refractivity contribution < 1.29 is 9.18 Å². The molecule has 1 aromatic rings. The maximum Gasteiger partial charge on any atom is 0.222 e. The first-order chi connectivity index (χ1) is 14.2. The molecule has 1 atom stereocenters. The summed E-state index contributed by atoms with van der Waals surface area (Å²) >= 11 is 0. The van der Waals surface area contributed by atoms with Crippen LogP contribution < -0.4 is 20.9 Å². The summed E-state index contributed by atoms with van der Waals surface area (Å²) in [6.45, 7) is 4.61. The van der Waals surface area contributed by atoms with Crippen LogP contribution in [0.3, 0.4) is 0 Å². The van der Waals surface area contributed by atoms with Crippen LogP contribution in [0, 0.1) is 5.82 Å². The lowest BCUT2D eigenvalue weighted by atomic mass is 9.95. The highest BCUT2D eigenvalue weighted by atomic mass is 19.1. The number of aliphatic imine (C=N–C) groups is 1. The Balaban J connectivity index is 1.45. The SMILES string of the molecule is CCNC(=NCCC(=O)NC1CCCCC1)NC1CCN(c2ncccc2F)C1. The summed E-state index contributed by atoms with van der Waals surface area (Å²) in [6.07, 6.45) is 8.76. The monoisotopic (exact) mass is 404 g/mol. The van der Waals surface area contributed by atoms with Gasteiger partial charge in [0.2, 0.25) is 5.91 Å². The Hall–Kier alpha value is -2.38. The molecule has 3 rings (SSSR count). The zero-order valence-corrected chi connectivity index (χ0v) is 17.3. The molecule has 1 unspecified atom stereocenters. The van der Waals surface area contributed by atoms with Gasteiger partial charge in [-0.2, -0.15) is 0 Å². The van der Waals surface area contributed by atoms with E-state index in [9.17, 15) is 9.18 Å². The Labute approximate surface area is 172 Å². The van der Waals surface area contributed by atoms with Crippen LogP contribution in [0.2, 0.25) is 0 Å². The number of hydrogen-bond acceptors (Lipinski definition) is 4. The molecule has 1 aliphatic carbocycles. The maximum absolute atomic E-state index is 14.0. The number of carbonyl (C=O) groups excluding carboxylic acids is 1. The second-order valence-electron chi connectivity index (χ2n) is 7.80. The Morgan fingerprint density at radius 3 is 2.83 bits per heavy atom. The van der Waals surface area contributed by atoms with Crippen molar-refractivity contribution in [1.29, 1.82) is 0 Å². The second-order valence-corrected chi connectivity index (χ2v) is 7.80. The highest BCUT2D eigenvalue weighted by Gasteiger charge is 2.26. The number of halogens is 1. The molecule has 2 aliphatic rings. The third-order valence-electron chi connectivity index (χ3n) is 5.49. The molecule has 2 heterocycles. The van der Waals surface area contributed by atoms with E-state index in [1.165, 1.54) is 25.3 Å². The first-order valence-corrected chi connectivity index (χ1v) is 10.9. The number of nitrogens with one attached hydrogen (secondary N) is 3. The number of nitrogens with zero attached hydrogens (tertiary/aromatic N) is 3. The quantitative estimate of drug-likeness (QED) is 0.479. The van der Waals surface area contributed by atoms with Crippen LogP contribution in [0.15, 0.2) is 23.3 Å². The highest BCUT2D eigenvalue weighted by Crippen LogP contribution is 2.20. The van der Waals surface area contributed by atoms with Crippen LogP contribution in [0.1, 0.15) is 51.9 Å².